The normalized spacial score (nSPS) is 11.9. The first-order valence-electron chi connectivity index (χ1n) is 7.24. The first-order valence-corrected chi connectivity index (χ1v) is 8.40. The molecule has 0 aliphatic rings. The third kappa shape index (κ3) is 7.75. The number of aliphatic carboxylic acids is 1. The Bertz CT molecular complexity index is 436. The standard InChI is InChI=1S/C16H23NO3S/c1-2-6-14(16(19)20)11-17-15(18)12-21-10-9-13-7-4-3-5-8-13/h3-5,7-8,14H,2,6,9-12H2,1H3,(H,17,18)(H,19,20). The van der Waals surface area contributed by atoms with Crippen LogP contribution >= 0.6 is 11.8 Å². The molecule has 0 saturated heterocycles. The number of hydrogen-bond acceptors (Lipinski definition) is 3. The highest BCUT2D eigenvalue weighted by Gasteiger charge is 2.16. The molecule has 0 aromatic heterocycles. The molecule has 0 aliphatic carbocycles. The second-order valence-corrected chi connectivity index (χ2v) is 6.02. The lowest BCUT2D eigenvalue weighted by atomic mass is 10.0. The Labute approximate surface area is 130 Å². The van der Waals surface area contributed by atoms with Crippen molar-refractivity contribution in [2.45, 2.75) is 26.2 Å². The monoisotopic (exact) mass is 309 g/mol. The van der Waals surface area contributed by atoms with Gasteiger partial charge in [-0.15, -0.1) is 0 Å². The van der Waals surface area contributed by atoms with Crippen molar-refractivity contribution < 1.29 is 14.7 Å². The van der Waals surface area contributed by atoms with Crippen molar-refractivity contribution in [2.24, 2.45) is 5.92 Å². The van der Waals surface area contributed by atoms with Gasteiger partial charge in [0.25, 0.3) is 0 Å². The zero-order chi connectivity index (χ0) is 15.5. The maximum absolute atomic E-state index is 11.7. The van der Waals surface area contributed by atoms with Gasteiger partial charge in [0.05, 0.1) is 11.7 Å². The van der Waals surface area contributed by atoms with Gasteiger partial charge >= 0.3 is 5.97 Å². The maximum atomic E-state index is 11.7. The van der Waals surface area contributed by atoms with Crippen LogP contribution in [0.25, 0.3) is 0 Å². The van der Waals surface area contributed by atoms with E-state index in [0.29, 0.717) is 12.2 Å². The Hall–Kier alpha value is -1.49. The van der Waals surface area contributed by atoms with Crippen LogP contribution in [0.5, 0.6) is 0 Å². The average molecular weight is 309 g/mol. The van der Waals surface area contributed by atoms with Crippen LogP contribution in [-0.2, 0) is 16.0 Å². The molecule has 5 heteroatoms. The van der Waals surface area contributed by atoms with Crippen LogP contribution in [0.3, 0.4) is 0 Å². The van der Waals surface area contributed by atoms with Gasteiger partial charge in [-0.3, -0.25) is 9.59 Å². The minimum atomic E-state index is -0.839. The Kier molecular flexibility index (Phi) is 8.59. The fraction of sp³-hybridized carbons (Fsp3) is 0.500. The number of carboxylic acids is 1. The van der Waals surface area contributed by atoms with Gasteiger partial charge in [0.15, 0.2) is 0 Å². The lowest BCUT2D eigenvalue weighted by Crippen LogP contribution is -2.34. The number of carbonyl (C=O) groups is 2. The molecule has 1 amide bonds. The molecule has 0 heterocycles. The highest BCUT2D eigenvalue weighted by molar-refractivity contribution is 7.99. The number of thioether (sulfide) groups is 1. The fourth-order valence-corrected chi connectivity index (χ4v) is 2.76. The van der Waals surface area contributed by atoms with Crippen molar-refractivity contribution in [3.05, 3.63) is 35.9 Å². The number of aryl methyl sites for hydroxylation is 1. The zero-order valence-corrected chi connectivity index (χ0v) is 13.2. The van der Waals surface area contributed by atoms with Crippen LogP contribution in [-0.4, -0.2) is 35.0 Å². The molecular formula is C16H23NO3S. The van der Waals surface area contributed by atoms with Gasteiger partial charge in [-0.25, -0.2) is 0 Å². The second-order valence-electron chi connectivity index (χ2n) is 4.92. The van der Waals surface area contributed by atoms with Gasteiger partial charge in [-0.1, -0.05) is 43.7 Å². The first-order chi connectivity index (χ1) is 10.1. The highest BCUT2D eigenvalue weighted by Crippen LogP contribution is 2.08. The molecule has 4 nitrogen and oxygen atoms in total. The Morgan fingerprint density at radius 2 is 2.00 bits per heavy atom. The number of carboxylic acid groups (broad SMARTS) is 1. The number of amides is 1. The smallest absolute Gasteiger partial charge is 0.308 e. The molecule has 0 aliphatic heterocycles. The summed E-state index contributed by atoms with van der Waals surface area (Å²) in [6, 6.07) is 10.1. The van der Waals surface area contributed by atoms with Gasteiger partial charge in [0.2, 0.25) is 5.91 Å². The molecule has 21 heavy (non-hydrogen) atoms. The average Bonchev–Trinajstić information content (AvgIpc) is 2.48. The molecule has 0 saturated carbocycles. The van der Waals surface area contributed by atoms with Crippen molar-refractivity contribution in [3.63, 3.8) is 0 Å². The minimum Gasteiger partial charge on any atom is -0.481 e. The van der Waals surface area contributed by atoms with Crippen molar-refractivity contribution in [3.8, 4) is 0 Å². The van der Waals surface area contributed by atoms with Crippen molar-refractivity contribution >= 4 is 23.6 Å². The summed E-state index contributed by atoms with van der Waals surface area (Å²) in [5.74, 6) is -0.141. The third-order valence-electron chi connectivity index (χ3n) is 3.14. The molecule has 1 atom stereocenters. The summed E-state index contributed by atoms with van der Waals surface area (Å²) in [6.07, 6.45) is 2.34. The van der Waals surface area contributed by atoms with Crippen molar-refractivity contribution in [1.82, 2.24) is 5.32 Å². The molecule has 1 aromatic rings. The maximum Gasteiger partial charge on any atom is 0.308 e. The quantitative estimate of drug-likeness (QED) is 0.652. The lowest BCUT2D eigenvalue weighted by molar-refractivity contribution is -0.141. The van der Waals surface area contributed by atoms with E-state index in [1.54, 1.807) is 11.8 Å². The van der Waals surface area contributed by atoms with E-state index in [9.17, 15) is 9.59 Å². The number of rotatable bonds is 10. The highest BCUT2D eigenvalue weighted by atomic mass is 32.2. The van der Waals surface area contributed by atoms with Gasteiger partial charge in [0.1, 0.15) is 0 Å². The van der Waals surface area contributed by atoms with Crippen LogP contribution in [0.2, 0.25) is 0 Å². The Balaban J connectivity index is 2.15. The van der Waals surface area contributed by atoms with Crippen molar-refractivity contribution in [1.29, 1.82) is 0 Å². The molecule has 1 unspecified atom stereocenters. The lowest BCUT2D eigenvalue weighted by Gasteiger charge is -2.12. The van der Waals surface area contributed by atoms with Gasteiger partial charge in [-0.2, -0.15) is 11.8 Å². The third-order valence-corrected chi connectivity index (χ3v) is 4.10. The minimum absolute atomic E-state index is 0.0876. The summed E-state index contributed by atoms with van der Waals surface area (Å²) in [5.41, 5.74) is 1.26. The number of nitrogens with one attached hydrogen (secondary N) is 1. The molecule has 0 spiro atoms. The van der Waals surface area contributed by atoms with Crippen LogP contribution < -0.4 is 5.32 Å². The molecule has 0 fully saturated rings. The van der Waals surface area contributed by atoms with E-state index in [4.69, 9.17) is 5.11 Å². The zero-order valence-electron chi connectivity index (χ0n) is 12.4. The number of hydrogen-bond donors (Lipinski definition) is 2. The molecule has 1 rings (SSSR count). The fourth-order valence-electron chi connectivity index (χ4n) is 1.95. The topological polar surface area (TPSA) is 66.4 Å². The predicted molar refractivity (Wildman–Crippen MR) is 86.5 cm³/mol. The predicted octanol–water partition coefficient (Wildman–Crippen LogP) is 2.58. The molecule has 2 N–H and O–H groups in total. The number of carbonyl (C=O) groups excluding carboxylic acids is 1. The second kappa shape index (κ2) is 10.3. The summed E-state index contributed by atoms with van der Waals surface area (Å²) < 4.78 is 0. The summed E-state index contributed by atoms with van der Waals surface area (Å²) in [7, 11) is 0. The summed E-state index contributed by atoms with van der Waals surface area (Å²) in [6.45, 7) is 2.17. The largest absolute Gasteiger partial charge is 0.481 e. The van der Waals surface area contributed by atoms with E-state index in [1.807, 2.05) is 25.1 Å². The Morgan fingerprint density at radius 1 is 1.29 bits per heavy atom. The van der Waals surface area contributed by atoms with Gasteiger partial charge in [0, 0.05) is 6.54 Å². The van der Waals surface area contributed by atoms with E-state index in [0.717, 1.165) is 18.6 Å². The van der Waals surface area contributed by atoms with Crippen molar-refractivity contribution in [2.75, 3.05) is 18.1 Å². The van der Waals surface area contributed by atoms with E-state index < -0.39 is 11.9 Å². The molecule has 0 radical (unpaired) electrons. The molecular weight excluding hydrogens is 286 g/mol. The molecule has 1 aromatic carbocycles. The van der Waals surface area contributed by atoms with E-state index in [2.05, 4.69) is 17.4 Å². The Morgan fingerprint density at radius 3 is 2.62 bits per heavy atom. The van der Waals surface area contributed by atoms with Crippen LogP contribution in [0.15, 0.2) is 30.3 Å². The molecule has 0 bridgehead atoms. The molecule has 116 valence electrons. The van der Waals surface area contributed by atoms with Gasteiger partial charge in [-0.05, 0) is 24.2 Å². The van der Waals surface area contributed by atoms with Gasteiger partial charge < -0.3 is 10.4 Å². The van der Waals surface area contributed by atoms with E-state index >= 15 is 0 Å². The summed E-state index contributed by atoms with van der Waals surface area (Å²) in [4.78, 5) is 22.6. The van der Waals surface area contributed by atoms with E-state index in [-0.39, 0.29) is 12.5 Å². The summed E-state index contributed by atoms with van der Waals surface area (Å²) in [5, 5.41) is 11.7. The van der Waals surface area contributed by atoms with Crippen LogP contribution in [0.1, 0.15) is 25.3 Å². The van der Waals surface area contributed by atoms with E-state index in [1.165, 1.54) is 5.56 Å². The van der Waals surface area contributed by atoms with Crippen LogP contribution in [0, 0.1) is 5.92 Å². The first kappa shape index (κ1) is 17.6. The SMILES string of the molecule is CCCC(CNC(=O)CSCCc1ccccc1)C(=O)O. The summed E-state index contributed by atoms with van der Waals surface area (Å²) >= 11 is 1.57. The van der Waals surface area contributed by atoms with Crippen LogP contribution in [0.4, 0.5) is 0 Å². The number of benzene rings is 1.